The molecule has 4 nitrogen and oxygen atoms in total. The second kappa shape index (κ2) is 6.47. The van der Waals surface area contributed by atoms with Crippen LogP contribution in [0.15, 0.2) is 30.3 Å². The number of hydrogen-bond donors (Lipinski definition) is 1. The normalized spacial score (nSPS) is 23.2. The highest BCUT2D eigenvalue weighted by Crippen LogP contribution is 2.49. The number of benzene rings is 2. The summed E-state index contributed by atoms with van der Waals surface area (Å²) in [4.78, 5) is 15.5. The second-order valence-electron chi connectivity index (χ2n) is 8.04. The summed E-state index contributed by atoms with van der Waals surface area (Å²) < 4.78 is 27.2. The fraction of sp³-hybridized carbons (Fsp3) is 0.409. The van der Waals surface area contributed by atoms with E-state index < -0.39 is 17.7 Å². The smallest absolute Gasteiger partial charge is 0.407 e. The lowest BCUT2D eigenvalue weighted by Gasteiger charge is -2.37. The van der Waals surface area contributed by atoms with Gasteiger partial charge in [-0.15, -0.1) is 0 Å². The lowest BCUT2D eigenvalue weighted by atomic mass is 9.86. The molecule has 6 heteroatoms. The van der Waals surface area contributed by atoms with Crippen LogP contribution in [0.4, 0.5) is 19.3 Å². The Bertz CT molecular complexity index is 962. The van der Waals surface area contributed by atoms with Gasteiger partial charge in [0.1, 0.15) is 0 Å². The van der Waals surface area contributed by atoms with Crippen LogP contribution in [0.1, 0.15) is 36.3 Å². The van der Waals surface area contributed by atoms with Crippen molar-refractivity contribution in [1.29, 1.82) is 0 Å². The molecule has 2 aromatic carbocycles. The third-order valence-corrected chi connectivity index (χ3v) is 6.50. The van der Waals surface area contributed by atoms with Crippen LogP contribution in [-0.4, -0.2) is 41.8 Å². The molecule has 1 saturated heterocycles. The highest BCUT2D eigenvalue weighted by Gasteiger charge is 2.44. The number of aryl methyl sites for hydroxylation is 1. The molecule has 2 aromatic rings. The predicted molar refractivity (Wildman–Crippen MR) is 103 cm³/mol. The van der Waals surface area contributed by atoms with Crippen LogP contribution in [0.2, 0.25) is 0 Å². The van der Waals surface area contributed by atoms with Crippen LogP contribution in [0.3, 0.4) is 0 Å². The molecule has 2 atom stereocenters. The molecule has 1 fully saturated rings. The van der Waals surface area contributed by atoms with Gasteiger partial charge < -0.3 is 14.9 Å². The van der Waals surface area contributed by atoms with Gasteiger partial charge in [0.2, 0.25) is 0 Å². The number of carboxylic acid groups (broad SMARTS) is 1. The minimum atomic E-state index is -0.873. The lowest BCUT2D eigenvalue weighted by molar-refractivity contribution is 0.127. The maximum absolute atomic E-state index is 13.8. The number of amides is 1. The number of anilines is 1. The molecule has 3 aliphatic rings. The first-order valence-electron chi connectivity index (χ1n) is 9.89. The van der Waals surface area contributed by atoms with Crippen molar-refractivity contribution in [3.63, 3.8) is 0 Å². The van der Waals surface area contributed by atoms with Gasteiger partial charge >= 0.3 is 6.09 Å². The molecule has 0 unspecified atom stereocenters. The first kappa shape index (κ1) is 17.5. The van der Waals surface area contributed by atoms with Crippen LogP contribution in [-0.2, 0) is 6.42 Å². The third kappa shape index (κ3) is 2.65. The zero-order valence-electron chi connectivity index (χ0n) is 15.5. The van der Waals surface area contributed by atoms with Crippen molar-refractivity contribution in [2.24, 2.45) is 0 Å². The van der Waals surface area contributed by atoms with E-state index in [0.29, 0.717) is 24.7 Å². The number of piperidine rings is 1. The van der Waals surface area contributed by atoms with Gasteiger partial charge in [-0.05, 0) is 72.2 Å². The van der Waals surface area contributed by atoms with E-state index in [0.717, 1.165) is 49.4 Å². The average molecular weight is 384 g/mol. The zero-order chi connectivity index (χ0) is 19.4. The van der Waals surface area contributed by atoms with Crippen molar-refractivity contribution in [3.05, 3.63) is 53.1 Å². The fourth-order valence-electron chi connectivity index (χ4n) is 5.22. The Morgan fingerprint density at radius 1 is 1.04 bits per heavy atom. The highest BCUT2D eigenvalue weighted by molar-refractivity contribution is 5.76. The molecular weight excluding hydrogens is 362 g/mol. The summed E-state index contributed by atoms with van der Waals surface area (Å²) in [5, 5.41) is 9.47. The van der Waals surface area contributed by atoms with E-state index in [1.807, 2.05) is 0 Å². The van der Waals surface area contributed by atoms with Gasteiger partial charge in [-0.3, -0.25) is 0 Å². The van der Waals surface area contributed by atoms with Gasteiger partial charge in [-0.1, -0.05) is 6.07 Å². The average Bonchev–Trinajstić information content (AvgIpc) is 2.84. The number of carbonyl (C=O) groups is 1. The Kier molecular flexibility index (Phi) is 4.03. The number of rotatable bonds is 1. The van der Waals surface area contributed by atoms with Crippen LogP contribution >= 0.6 is 0 Å². The minimum Gasteiger partial charge on any atom is -0.465 e. The molecule has 0 aliphatic carbocycles. The van der Waals surface area contributed by atoms with Gasteiger partial charge in [0.25, 0.3) is 0 Å². The van der Waals surface area contributed by atoms with Crippen molar-refractivity contribution < 1.29 is 18.7 Å². The molecule has 1 amide bonds. The molecule has 0 aromatic heterocycles. The Labute approximate surface area is 162 Å². The number of likely N-dealkylation sites (tertiary alicyclic amines) is 1. The van der Waals surface area contributed by atoms with Gasteiger partial charge in [0.05, 0.1) is 0 Å². The molecule has 5 rings (SSSR count). The molecule has 0 radical (unpaired) electrons. The summed E-state index contributed by atoms with van der Waals surface area (Å²) in [6.07, 6.45) is 3.12. The van der Waals surface area contributed by atoms with Gasteiger partial charge in [0, 0.05) is 37.3 Å². The first-order valence-corrected chi connectivity index (χ1v) is 9.89. The molecule has 28 heavy (non-hydrogen) atoms. The van der Waals surface area contributed by atoms with E-state index in [2.05, 4.69) is 17.0 Å². The second-order valence-corrected chi connectivity index (χ2v) is 8.04. The van der Waals surface area contributed by atoms with Crippen molar-refractivity contribution in [2.75, 3.05) is 24.5 Å². The van der Waals surface area contributed by atoms with E-state index in [4.69, 9.17) is 0 Å². The maximum atomic E-state index is 13.8. The zero-order valence-corrected chi connectivity index (χ0v) is 15.5. The molecule has 146 valence electrons. The first-order chi connectivity index (χ1) is 13.5. The molecular formula is C22H22F2N2O2. The number of nitrogens with zero attached hydrogens (tertiary/aromatic N) is 2. The standard InChI is InChI=1S/C22H22F2N2O2/c23-18-5-4-13(11-19(18)24)15-9-14-3-1-2-7-26-20-6-8-25(22(27)28)12-17(20)16(10-15)21(14)26/h4-5,9-11,17,20H,1-3,6-8,12H2,(H,27,28)/t17-,20-/m0/s1. The van der Waals surface area contributed by atoms with Crippen molar-refractivity contribution in [2.45, 2.75) is 37.6 Å². The topological polar surface area (TPSA) is 43.8 Å². The maximum Gasteiger partial charge on any atom is 0.407 e. The Balaban J connectivity index is 1.64. The summed E-state index contributed by atoms with van der Waals surface area (Å²) >= 11 is 0. The molecule has 0 bridgehead atoms. The van der Waals surface area contributed by atoms with Crippen LogP contribution in [0, 0.1) is 11.6 Å². The van der Waals surface area contributed by atoms with Crippen molar-refractivity contribution in [1.82, 2.24) is 4.90 Å². The van der Waals surface area contributed by atoms with Gasteiger partial charge in [-0.25, -0.2) is 13.6 Å². The van der Waals surface area contributed by atoms with Gasteiger partial charge in [0.15, 0.2) is 11.6 Å². The highest BCUT2D eigenvalue weighted by atomic mass is 19.2. The molecule has 3 heterocycles. The largest absolute Gasteiger partial charge is 0.465 e. The van der Waals surface area contributed by atoms with Crippen LogP contribution in [0.25, 0.3) is 11.1 Å². The minimum absolute atomic E-state index is 0.127. The number of hydrogen-bond acceptors (Lipinski definition) is 2. The van der Waals surface area contributed by atoms with E-state index in [1.165, 1.54) is 22.2 Å². The monoisotopic (exact) mass is 384 g/mol. The van der Waals surface area contributed by atoms with E-state index in [-0.39, 0.29) is 5.92 Å². The third-order valence-electron chi connectivity index (χ3n) is 6.50. The summed E-state index contributed by atoms with van der Waals surface area (Å²) in [6.45, 7) is 2.05. The Morgan fingerprint density at radius 2 is 1.89 bits per heavy atom. The quantitative estimate of drug-likeness (QED) is 0.780. The molecule has 3 aliphatic heterocycles. The van der Waals surface area contributed by atoms with E-state index in [1.54, 1.807) is 6.07 Å². The predicted octanol–water partition coefficient (Wildman–Crippen LogP) is 4.62. The number of halogens is 2. The van der Waals surface area contributed by atoms with Crippen LogP contribution in [0.5, 0.6) is 0 Å². The fourth-order valence-corrected chi connectivity index (χ4v) is 5.22. The summed E-state index contributed by atoms with van der Waals surface area (Å²) in [5.74, 6) is -1.57. The van der Waals surface area contributed by atoms with E-state index in [9.17, 15) is 18.7 Å². The lowest BCUT2D eigenvalue weighted by Crippen LogP contribution is -2.48. The summed E-state index contributed by atoms with van der Waals surface area (Å²) in [7, 11) is 0. The molecule has 0 spiro atoms. The van der Waals surface area contributed by atoms with Crippen molar-refractivity contribution in [3.8, 4) is 11.1 Å². The number of fused-ring (bicyclic) bond motifs is 3. The van der Waals surface area contributed by atoms with Gasteiger partial charge in [-0.2, -0.15) is 0 Å². The summed E-state index contributed by atoms with van der Waals surface area (Å²) in [6, 6.07) is 8.52. The SMILES string of the molecule is O=C(O)N1CC[C@H]2[C@@H](C1)c1cc(-c3ccc(F)c(F)c3)cc3c1N2CCCC3. The van der Waals surface area contributed by atoms with Crippen molar-refractivity contribution >= 4 is 11.8 Å². The summed E-state index contributed by atoms with van der Waals surface area (Å²) in [5.41, 5.74) is 5.19. The Hall–Kier alpha value is -2.63. The van der Waals surface area contributed by atoms with E-state index >= 15 is 0 Å². The molecule has 1 N–H and O–H groups in total. The Morgan fingerprint density at radius 3 is 2.68 bits per heavy atom. The van der Waals surface area contributed by atoms with Crippen LogP contribution < -0.4 is 4.90 Å². The molecule has 0 saturated carbocycles.